The van der Waals surface area contributed by atoms with Gasteiger partial charge in [-0.15, -0.1) is 0 Å². The lowest BCUT2D eigenvalue weighted by Gasteiger charge is -2.33. The van der Waals surface area contributed by atoms with Crippen LogP contribution in [0.15, 0.2) is 35.1 Å². The molecule has 0 spiro atoms. The van der Waals surface area contributed by atoms with E-state index >= 15 is 0 Å². The highest BCUT2D eigenvalue weighted by Crippen LogP contribution is 2.32. The summed E-state index contributed by atoms with van der Waals surface area (Å²) >= 11 is 0. The Labute approximate surface area is 163 Å². The Bertz CT molecular complexity index is 924. The first-order valence-electron chi connectivity index (χ1n) is 9.73. The smallest absolute Gasteiger partial charge is 0.261 e. The molecule has 1 saturated heterocycles. The van der Waals surface area contributed by atoms with Gasteiger partial charge in [0.25, 0.3) is 11.5 Å². The van der Waals surface area contributed by atoms with Crippen LogP contribution in [-0.4, -0.2) is 35.2 Å². The maximum absolute atomic E-state index is 12.4. The molecule has 0 aliphatic carbocycles. The fourth-order valence-electron chi connectivity index (χ4n) is 3.73. The van der Waals surface area contributed by atoms with E-state index in [2.05, 4.69) is 22.1 Å². The van der Waals surface area contributed by atoms with Crippen molar-refractivity contribution < 1.29 is 14.3 Å². The molecule has 0 unspecified atom stereocenters. The summed E-state index contributed by atoms with van der Waals surface area (Å²) in [6.45, 7) is 4.48. The maximum atomic E-state index is 12.4. The lowest BCUT2D eigenvalue weighted by Crippen LogP contribution is -2.37. The van der Waals surface area contributed by atoms with Gasteiger partial charge in [-0.05, 0) is 56.1 Å². The Morgan fingerprint density at radius 3 is 2.89 bits per heavy atom. The van der Waals surface area contributed by atoms with Crippen molar-refractivity contribution in [1.29, 1.82) is 0 Å². The van der Waals surface area contributed by atoms with Crippen molar-refractivity contribution >= 4 is 5.91 Å². The van der Waals surface area contributed by atoms with Gasteiger partial charge < -0.3 is 19.8 Å². The minimum Gasteiger partial charge on any atom is -0.454 e. The summed E-state index contributed by atoms with van der Waals surface area (Å²) in [6, 6.07) is 9.46. The Morgan fingerprint density at radius 2 is 2.07 bits per heavy atom. The molecule has 4 rings (SSSR count). The van der Waals surface area contributed by atoms with Crippen molar-refractivity contribution in [2.75, 3.05) is 13.3 Å². The van der Waals surface area contributed by atoms with Crippen molar-refractivity contribution in [2.45, 2.75) is 45.3 Å². The second-order valence-corrected chi connectivity index (χ2v) is 7.41. The van der Waals surface area contributed by atoms with Crippen LogP contribution in [-0.2, 0) is 13.1 Å². The molecular formula is C21H25N3O4. The number of aromatic nitrogens is 1. The van der Waals surface area contributed by atoms with Crippen molar-refractivity contribution in [3.63, 3.8) is 0 Å². The largest absolute Gasteiger partial charge is 0.454 e. The molecule has 1 amide bonds. The fourth-order valence-corrected chi connectivity index (χ4v) is 3.73. The average Bonchev–Trinajstić information content (AvgIpc) is 3.16. The Hall–Kier alpha value is -2.80. The summed E-state index contributed by atoms with van der Waals surface area (Å²) in [4.78, 5) is 30.1. The van der Waals surface area contributed by atoms with E-state index in [9.17, 15) is 9.59 Å². The number of carbonyl (C=O) groups excluding carboxylic acids is 1. The van der Waals surface area contributed by atoms with E-state index in [1.807, 2.05) is 24.3 Å². The standard InChI is InChI=1S/C21H25N3O4/c1-14-4-2-3-9-24(14)12-16-6-7-17(21(26)23-16)20(25)22-11-15-5-8-18-19(10-15)28-13-27-18/h5-8,10,14H,2-4,9,11-13H2,1H3,(H,22,25)(H,23,26)/t14-/m0/s1. The first-order chi connectivity index (χ1) is 13.6. The predicted molar refractivity (Wildman–Crippen MR) is 105 cm³/mol. The lowest BCUT2D eigenvalue weighted by molar-refractivity contribution is 0.0949. The number of amides is 1. The van der Waals surface area contributed by atoms with E-state index in [-0.39, 0.29) is 17.9 Å². The lowest BCUT2D eigenvalue weighted by atomic mass is 10.0. The highest BCUT2D eigenvalue weighted by molar-refractivity contribution is 5.93. The molecule has 1 aromatic carbocycles. The van der Waals surface area contributed by atoms with Crippen molar-refractivity contribution in [3.8, 4) is 11.5 Å². The number of aromatic amines is 1. The number of H-pyrrole nitrogens is 1. The molecule has 148 valence electrons. The van der Waals surface area contributed by atoms with E-state index < -0.39 is 5.91 Å². The maximum Gasteiger partial charge on any atom is 0.261 e. The van der Waals surface area contributed by atoms with Crippen LogP contribution in [0, 0.1) is 0 Å². The van der Waals surface area contributed by atoms with Gasteiger partial charge in [0.2, 0.25) is 6.79 Å². The molecule has 1 atom stereocenters. The number of rotatable bonds is 5. The molecule has 1 aromatic heterocycles. The van der Waals surface area contributed by atoms with Gasteiger partial charge in [0.1, 0.15) is 5.56 Å². The molecule has 0 bridgehead atoms. The van der Waals surface area contributed by atoms with Crippen LogP contribution in [0.25, 0.3) is 0 Å². The molecule has 1 fully saturated rings. The second-order valence-electron chi connectivity index (χ2n) is 7.41. The van der Waals surface area contributed by atoms with E-state index in [1.54, 1.807) is 6.07 Å². The molecule has 7 heteroatoms. The summed E-state index contributed by atoms with van der Waals surface area (Å²) in [5.74, 6) is 0.975. The molecule has 3 heterocycles. The van der Waals surface area contributed by atoms with E-state index in [0.717, 1.165) is 17.8 Å². The predicted octanol–water partition coefficient (Wildman–Crippen LogP) is 2.41. The monoisotopic (exact) mass is 383 g/mol. The van der Waals surface area contributed by atoms with E-state index in [1.165, 1.54) is 19.3 Å². The fraction of sp³-hybridized carbons (Fsp3) is 0.429. The van der Waals surface area contributed by atoms with E-state index in [0.29, 0.717) is 30.6 Å². The topological polar surface area (TPSA) is 83.7 Å². The normalized spacial score (nSPS) is 18.8. The molecule has 2 aliphatic rings. The van der Waals surface area contributed by atoms with Gasteiger partial charge in [-0.1, -0.05) is 12.5 Å². The zero-order chi connectivity index (χ0) is 19.5. The van der Waals surface area contributed by atoms with Crippen LogP contribution in [0.1, 0.15) is 47.8 Å². The summed E-state index contributed by atoms with van der Waals surface area (Å²) in [5, 5.41) is 2.79. The third kappa shape index (κ3) is 4.04. The summed E-state index contributed by atoms with van der Waals surface area (Å²) in [7, 11) is 0. The number of hydrogen-bond donors (Lipinski definition) is 2. The first kappa shape index (κ1) is 18.6. The Balaban J connectivity index is 1.38. The minimum absolute atomic E-state index is 0.121. The van der Waals surface area contributed by atoms with Crippen molar-refractivity contribution in [1.82, 2.24) is 15.2 Å². The number of benzene rings is 1. The molecule has 28 heavy (non-hydrogen) atoms. The average molecular weight is 383 g/mol. The van der Waals surface area contributed by atoms with Crippen LogP contribution in [0.3, 0.4) is 0 Å². The SMILES string of the molecule is C[C@H]1CCCCN1Cc1ccc(C(=O)NCc2ccc3c(c2)OCO3)c(=O)[nH]1. The number of hydrogen-bond acceptors (Lipinski definition) is 5. The minimum atomic E-state index is -0.392. The Kier molecular flexibility index (Phi) is 5.34. The molecule has 7 nitrogen and oxygen atoms in total. The molecular weight excluding hydrogens is 358 g/mol. The summed E-state index contributed by atoms with van der Waals surface area (Å²) in [5.41, 5.74) is 1.48. The van der Waals surface area contributed by atoms with Gasteiger partial charge in [0.15, 0.2) is 11.5 Å². The first-order valence-corrected chi connectivity index (χ1v) is 9.73. The van der Waals surface area contributed by atoms with Gasteiger partial charge in [0, 0.05) is 24.8 Å². The van der Waals surface area contributed by atoms with E-state index in [4.69, 9.17) is 9.47 Å². The van der Waals surface area contributed by atoms with Gasteiger partial charge >= 0.3 is 0 Å². The molecule has 0 radical (unpaired) electrons. The zero-order valence-corrected chi connectivity index (χ0v) is 16.0. The number of carbonyl (C=O) groups is 1. The number of nitrogens with zero attached hydrogens (tertiary/aromatic N) is 1. The van der Waals surface area contributed by atoms with Gasteiger partial charge in [-0.2, -0.15) is 0 Å². The summed E-state index contributed by atoms with van der Waals surface area (Å²) < 4.78 is 10.6. The zero-order valence-electron chi connectivity index (χ0n) is 16.0. The van der Waals surface area contributed by atoms with Gasteiger partial charge in [-0.3, -0.25) is 14.5 Å². The molecule has 0 saturated carbocycles. The number of piperidine rings is 1. The highest BCUT2D eigenvalue weighted by Gasteiger charge is 2.19. The van der Waals surface area contributed by atoms with Crippen LogP contribution in [0.4, 0.5) is 0 Å². The van der Waals surface area contributed by atoms with Crippen LogP contribution in [0.5, 0.6) is 11.5 Å². The number of ether oxygens (including phenoxy) is 2. The van der Waals surface area contributed by atoms with Gasteiger partial charge in [0.05, 0.1) is 0 Å². The number of nitrogens with one attached hydrogen (secondary N) is 2. The van der Waals surface area contributed by atoms with Crippen LogP contribution >= 0.6 is 0 Å². The number of pyridine rings is 1. The van der Waals surface area contributed by atoms with Crippen LogP contribution in [0.2, 0.25) is 0 Å². The third-order valence-corrected chi connectivity index (χ3v) is 5.42. The highest BCUT2D eigenvalue weighted by atomic mass is 16.7. The van der Waals surface area contributed by atoms with Crippen LogP contribution < -0.4 is 20.3 Å². The second kappa shape index (κ2) is 8.06. The number of likely N-dealkylation sites (tertiary alicyclic amines) is 1. The summed E-state index contributed by atoms with van der Waals surface area (Å²) in [6.07, 6.45) is 3.64. The van der Waals surface area contributed by atoms with Gasteiger partial charge in [-0.25, -0.2) is 0 Å². The van der Waals surface area contributed by atoms with Crippen molar-refractivity contribution in [3.05, 3.63) is 57.5 Å². The molecule has 2 N–H and O–H groups in total. The molecule has 2 aromatic rings. The molecule has 2 aliphatic heterocycles. The quantitative estimate of drug-likeness (QED) is 0.828. The van der Waals surface area contributed by atoms with Crippen molar-refractivity contribution in [2.24, 2.45) is 0 Å². The Morgan fingerprint density at radius 1 is 1.21 bits per heavy atom. The number of fused-ring (bicyclic) bond motifs is 1. The third-order valence-electron chi connectivity index (χ3n) is 5.42.